The van der Waals surface area contributed by atoms with Crippen LogP contribution < -0.4 is 9.74 Å². The number of esters is 1. The van der Waals surface area contributed by atoms with E-state index in [1.807, 2.05) is 31.2 Å². The van der Waals surface area contributed by atoms with Gasteiger partial charge < -0.3 is 19.0 Å². The fourth-order valence-electron chi connectivity index (χ4n) is 3.62. The first-order chi connectivity index (χ1) is 15.1. The van der Waals surface area contributed by atoms with Crippen LogP contribution in [0.1, 0.15) is 45.8 Å². The number of hydrogen-bond donors (Lipinski definition) is 1. The molecule has 0 saturated carbocycles. The van der Waals surface area contributed by atoms with E-state index in [0.717, 1.165) is 11.3 Å². The lowest BCUT2D eigenvalue weighted by molar-refractivity contribution is -0.142. The number of aromatic nitrogens is 1. The van der Waals surface area contributed by atoms with Crippen LogP contribution in [0.4, 0.5) is 0 Å². The lowest BCUT2D eigenvalue weighted by atomic mass is 9.96. The number of hydrogen-bond acceptors (Lipinski definition) is 6. The van der Waals surface area contributed by atoms with Gasteiger partial charge in [-0.1, -0.05) is 12.1 Å². The van der Waals surface area contributed by atoms with Crippen molar-refractivity contribution < 1.29 is 23.5 Å². The van der Waals surface area contributed by atoms with Gasteiger partial charge in [0.25, 0.3) is 0 Å². The van der Waals surface area contributed by atoms with Crippen LogP contribution in [0.2, 0.25) is 19.6 Å². The van der Waals surface area contributed by atoms with Crippen molar-refractivity contribution in [3.8, 4) is 5.75 Å². The minimum atomic E-state index is -1.64. The standard InChI is InChI=1S/C24H30N2O5Si/c1-6-26-14-18(15-30-16(2)27)22-21(28)13-20(24(29)23(22)26)25-12-11-17-7-9-19(10-8-17)31-32(3,4)5/h7-10,13-14,25H,6,11-12,15H2,1-5H3. The van der Waals surface area contributed by atoms with Gasteiger partial charge in [-0.15, -0.1) is 0 Å². The summed E-state index contributed by atoms with van der Waals surface area (Å²) >= 11 is 0. The number of ketones is 2. The van der Waals surface area contributed by atoms with Crippen molar-refractivity contribution in [1.29, 1.82) is 0 Å². The van der Waals surface area contributed by atoms with Crippen LogP contribution in [0, 0.1) is 0 Å². The molecule has 0 saturated heterocycles. The number of benzene rings is 1. The number of fused-ring (bicyclic) bond motifs is 1. The molecule has 1 heterocycles. The van der Waals surface area contributed by atoms with E-state index in [1.165, 1.54) is 13.0 Å². The minimum Gasteiger partial charge on any atom is -0.544 e. The van der Waals surface area contributed by atoms with Crippen LogP contribution in [0.5, 0.6) is 5.75 Å². The zero-order valence-corrected chi connectivity index (χ0v) is 20.3. The molecule has 0 amide bonds. The molecule has 1 aromatic heterocycles. The molecule has 7 nitrogen and oxygen atoms in total. The van der Waals surface area contributed by atoms with Gasteiger partial charge in [0.05, 0.1) is 11.3 Å². The molecule has 0 spiro atoms. The second-order valence-electron chi connectivity index (χ2n) is 8.73. The molecule has 0 radical (unpaired) electrons. The molecule has 1 N–H and O–H groups in total. The van der Waals surface area contributed by atoms with Gasteiger partial charge in [-0.25, -0.2) is 0 Å². The maximum Gasteiger partial charge on any atom is 0.302 e. The van der Waals surface area contributed by atoms with E-state index in [0.29, 0.717) is 36.3 Å². The van der Waals surface area contributed by atoms with Crippen LogP contribution in [-0.4, -0.2) is 37.0 Å². The van der Waals surface area contributed by atoms with E-state index < -0.39 is 14.3 Å². The van der Waals surface area contributed by atoms with Gasteiger partial charge in [-0.2, -0.15) is 0 Å². The molecule has 170 valence electrons. The predicted octanol–water partition coefficient (Wildman–Crippen LogP) is 3.88. The quantitative estimate of drug-likeness (QED) is 0.457. The molecular weight excluding hydrogens is 424 g/mol. The molecule has 1 aliphatic carbocycles. The largest absolute Gasteiger partial charge is 0.544 e. The van der Waals surface area contributed by atoms with Crippen molar-refractivity contribution in [2.24, 2.45) is 0 Å². The van der Waals surface area contributed by atoms with Gasteiger partial charge in [0.15, 0.2) is 5.78 Å². The highest BCUT2D eigenvalue weighted by molar-refractivity contribution is 6.70. The van der Waals surface area contributed by atoms with E-state index in [-0.39, 0.29) is 23.9 Å². The Labute approximate surface area is 189 Å². The molecule has 0 bridgehead atoms. The molecule has 1 aliphatic rings. The average Bonchev–Trinajstić information content (AvgIpc) is 3.09. The first-order valence-electron chi connectivity index (χ1n) is 10.8. The third kappa shape index (κ3) is 5.56. The fourth-order valence-corrected chi connectivity index (χ4v) is 4.46. The molecule has 0 aliphatic heterocycles. The van der Waals surface area contributed by atoms with Gasteiger partial charge in [-0.3, -0.25) is 14.4 Å². The molecule has 1 aromatic carbocycles. The summed E-state index contributed by atoms with van der Waals surface area (Å²) in [6.07, 6.45) is 3.75. The van der Waals surface area contributed by atoms with Crippen LogP contribution in [0.3, 0.4) is 0 Å². The Morgan fingerprint density at radius 2 is 1.81 bits per heavy atom. The molecule has 2 aromatic rings. The van der Waals surface area contributed by atoms with Crippen molar-refractivity contribution in [2.75, 3.05) is 6.54 Å². The van der Waals surface area contributed by atoms with Gasteiger partial charge in [0, 0.05) is 37.8 Å². The zero-order chi connectivity index (χ0) is 23.5. The first-order valence-corrected chi connectivity index (χ1v) is 14.2. The summed E-state index contributed by atoms with van der Waals surface area (Å²) in [5.74, 6) is -0.0525. The molecule has 0 atom stereocenters. The van der Waals surface area contributed by atoms with Gasteiger partial charge in [0.1, 0.15) is 18.1 Å². The second kappa shape index (κ2) is 9.56. The lowest BCUT2D eigenvalue weighted by Crippen LogP contribution is -2.30. The van der Waals surface area contributed by atoms with E-state index in [9.17, 15) is 14.4 Å². The molecular formula is C24H30N2O5Si. The van der Waals surface area contributed by atoms with E-state index in [4.69, 9.17) is 9.16 Å². The van der Waals surface area contributed by atoms with Gasteiger partial charge in [0.2, 0.25) is 14.1 Å². The molecule has 3 rings (SSSR count). The number of Topliss-reactive ketones (excluding diaryl/α,β-unsaturated/α-hetero) is 1. The third-order valence-electron chi connectivity index (χ3n) is 4.99. The Balaban J connectivity index is 1.67. The van der Waals surface area contributed by atoms with Crippen LogP contribution in [0.15, 0.2) is 42.2 Å². The molecule has 32 heavy (non-hydrogen) atoms. The monoisotopic (exact) mass is 454 g/mol. The topological polar surface area (TPSA) is 86.6 Å². The lowest BCUT2D eigenvalue weighted by Gasteiger charge is -2.19. The fraction of sp³-hybridized carbons (Fsp3) is 0.375. The highest BCUT2D eigenvalue weighted by Gasteiger charge is 2.32. The third-order valence-corrected chi connectivity index (χ3v) is 5.83. The average molecular weight is 455 g/mol. The summed E-state index contributed by atoms with van der Waals surface area (Å²) in [5, 5.41) is 3.12. The van der Waals surface area contributed by atoms with Crippen LogP contribution in [0.25, 0.3) is 0 Å². The van der Waals surface area contributed by atoms with Crippen molar-refractivity contribution in [3.05, 3.63) is 64.6 Å². The van der Waals surface area contributed by atoms with Crippen LogP contribution >= 0.6 is 0 Å². The number of carbonyl (C=O) groups is 3. The second-order valence-corrected chi connectivity index (χ2v) is 13.2. The van der Waals surface area contributed by atoms with Crippen molar-refractivity contribution in [3.63, 3.8) is 0 Å². The number of carbonyl (C=O) groups excluding carboxylic acids is 3. The number of nitrogens with one attached hydrogen (secondary N) is 1. The van der Waals surface area contributed by atoms with Crippen molar-refractivity contribution >= 4 is 25.9 Å². The summed E-state index contributed by atoms with van der Waals surface area (Å²) < 4.78 is 12.8. The SMILES string of the molecule is CCn1cc(COC(C)=O)c2c1C(=O)C(NCCc1ccc(O[Si](C)(C)C)cc1)=CC2=O. The zero-order valence-electron chi connectivity index (χ0n) is 19.3. The summed E-state index contributed by atoms with van der Waals surface area (Å²) in [4.78, 5) is 37.0. The van der Waals surface area contributed by atoms with E-state index in [1.54, 1.807) is 10.8 Å². The molecule has 0 fully saturated rings. The van der Waals surface area contributed by atoms with E-state index >= 15 is 0 Å². The number of allylic oxidation sites excluding steroid dienone is 2. The van der Waals surface area contributed by atoms with Gasteiger partial charge in [-0.05, 0) is 50.7 Å². The Morgan fingerprint density at radius 1 is 1.12 bits per heavy atom. The molecule has 8 heteroatoms. The molecule has 0 unspecified atom stereocenters. The van der Waals surface area contributed by atoms with Crippen LogP contribution in [-0.2, 0) is 29.1 Å². The summed E-state index contributed by atoms with van der Waals surface area (Å²) in [6.45, 7) is 10.6. The van der Waals surface area contributed by atoms with Gasteiger partial charge >= 0.3 is 5.97 Å². The Bertz CT molecular complexity index is 1060. The van der Waals surface area contributed by atoms with Crippen molar-refractivity contribution in [2.45, 2.75) is 53.1 Å². The number of aryl methyl sites for hydroxylation is 1. The highest BCUT2D eigenvalue weighted by Crippen LogP contribution is 2.26. The minimum absolute atomic E-state index is 0.0301. The first kappa shape index (κ1) is 23.5. The van der Waals surface area contributed by atoms with Crippen molar-refractivity contribution in [1.82, 2.24) is 9.88 Å². The maximum absolute atomic E-state index is 13.1. The summed E-state index contributed by atoms with van der Waals surface area (Å²) in [5.41, 5.74) is 2.61. The highest BCUT2D eigenvalue weighted by atomic mass is 28.4. The summed E-state index contributed by atoms with van der Waals surface area (Å²) in [7, 11) is -1.64. The Morgan fingerprint density at radius 3 is 2.41 bits per heavy atom. The number of nitrogens with zero attached hydrogens (tertiary/aromatic N) is 1. The smallest absolute Gasteiger partial charge is 0.302 e. The summed E-state index contributed by atoms with van der Waals surface area (Å²) in [6, 6.07) is 7.96. The van der Waals surface area contributed by atoms with E-state index in [2.05, 4.69) is 25.0 Å². The predicted molar refractivity (Wildman–Crippen MR) is 124 cm³/mol. The Kier molecular flexibility index (Phi) is 7.03. The maximum atomic E-state index is 13.1. The Hall–Kier alpha value is -3.13. The number of rotatable bonds is 9. The normalized spacial score (nSPS) is 13.5. The number of ether oxygens (including phenoxy) is 1.